The van der Waals surface area contributed by atoms with Crippen molar-refractivity contribution in [1.82, 2.24) is 0 Å². The van der Waals surface area contributed by atoms with Crippen LogP contribution in [-0.2, 0) is 16.0 Å². The van der Waals surface area contributed by atoms with Crippen molar-refractivity contribution in [2.45, 2.75) is 6.42 Å². The second-order valence-electron chi connectivity index (χ2n) is 6.09. The molecule has 3 aromatic rings. The highest BCUT2D eigenvalue weighted by Gasteiger charge is 2.08. The van der Waals surface area contributed by atoms with Gasteiger partial charge in [-0.2, -0.15) is 0 Å². The molecule has 0 aliphatic carbocycles. The van der Waals surface area contributed by atoms with E-state index in [-0.39, 0.29) is 18.3 Å². The van der Waals surface area contributed by atoms with Gasteiger partial charge in [-0.05, 0) is 60.2 Å². The number of amides is 1. The molecule has 0 bridgehead atoms. The standard InChI is InChI=1S/C22H19FN2O3/c1-28-22(27)15-6-8-17(9-7-15)24-18-10-12-19(13-11-18)25-21(26)14-16-4-2-3-5-20(16)23/h2-13,24H,14H2,1H3,(H,25,26). The number of hydrogen-bond acceptors (Lipinski definition) is 4. The lowest BCUT2D eigenvalue weighted by molar-refractivity contribution is -0.115. The van der Waals surface area contributed by atoms with E-state index < -0.39 is 5.82 Å². The first-order chi connectivity index (χ1) is 13.5. The molecule has 0 atom stereocenters. The van der Waals surface area contributed by atoms with Gasteiger partial charge in [0.05, 0.1) is 19.1 Å². The quantitative estimate of drug-likeness (QED) is 0.618. The van der Waals surface area contributed by atoms with Crippen molar-refractivity contribution < 1.29 is 18.7 Å². The zero-order valence-corrected chi connectivity index (χ0v) is 15.2. The normalized spacial score (nSPS) is 10.2. The molecule has 0 aromatic heterocycles. The fraction of sp³-hybridized carbons (Fsp3) is 0.0909. The van der Waals surface area contributed by atoms with E-state index in [2.05, 4.69) is 15.4 Å². The van der Waals surface area contributed by atoms with Crippen LogP contribution in [0, 0.1) is 5.82 Å². The highest BCUT2D eigenvalue weighted by molar-refractivity contribution is 5.92. The molecule has 0 fully saturated rings. The molecule has 1 amide bonds. The number of benzene rings is 3. The Morgan fingerprint density at radius 1 is 0.857 bits per heavy atom. The molecule has 0 heterocycles. The minimum atomic E-state index is -0.393. The van der Waals surface area contributed by atoms with Gasteiger partial charge in [-0.1, -0.05) is 18.2 Å². The lowest BCUT2D eigenvalue weighted by Gasteiger charge is -2.09. The SMILES string of the molecule is COC(=O)c1ccc(Nc2ccc(NC(=O)Cc3ccccc3F)cc2)cc1. The van der Waals surface area contributed by atoms with Crippen LogP contribution in [0.4, 0.5) is 21.5 Å². The largest absolute Gasteiger partial charge is 0.465 e. The first-order valence-electron chi connectivity index (χ1n) is 8.64. The van der Waals surface area contributed by atoms with Crippen LogP contribution in [0.2, 0.25) is 0 Å². The van der Waals surface area contributed by atoms with Crippen LogP contribution in [0.15, 0.2) is 72.8 Å². The number of rotatable bonds is 6. The third-order valence-electron chi connectivity index (χ3n) is 4.07. The summed E-state index contributed by atoms with van der Waals surface area (Å²) >= 11 is 0. The Morgan fingerprint density at radius 3 is 2.04 bits per heavy atom. The first kappa shape index (κ1) is 19.1. The second kappa shape index (κ2) is 8.81. The Labute approximate surface area is 162 Å². The molecule has 0 aliphatic heterocycles. The fourth-order valence-corrected chi connectivity index (χ4v) is 2.63. The molecule has 0 saturated heterocycles. The average Bonchev–Trinajstić information content (AvgIpc) is 2.71. The van der Waals surface area contributed by atoms with Crippen LogP contribution >= 0.6 is 0 Å². The molecule has 0 spiro atoms. The van der Waals surface area contributed by atoms with E-state index in [1.165, 1.54) is 13.2 Å². The lowest BCUT2D eigenvalue weighted by Crippen LogP contribution is -2.15. The maximum absolute atomic E-state index is 13.6. The number of hydrogen-bond donors (Lipinski definition) is 2. The highest BCUT2D eigenvalue weighted by Crippen LogP contribution is 2.20. The molecule has 0 radical (unpaired) electrons. The first-order valence-corrected chi connectivity index (χ1v) is 8.64. The van der Waals surface area contributed by atoms with E-state index in [0.717, 1.165) is 11.4 Å². The van der Waals surface area contributed by atoms with Crippen molar-refractivity contribution >= 4 is 28.9 Å². The van der Waals surface area contributed by atoms with Gasteiger partial charge in [0.1, 0.15) is 5.82 Å². The lowest BCUT2D eigenvalue weighted by atomic mass is 10.1. The summed E-state index contributed by atoms with van der Waals surface area (Å²) in [7, 11) is 1.34. The van der Waals surface area contributed by atoms with E-state index in [1.807, 2.05) is 12.1 Å². The van der Waals surface area contributed by atoms with Crippen LogP contribution in [-0.4, -0.2) is 19.0 Å². The minimum Gasteiger partial charge on any atom is -0.465 e. The van der Waals surface area contributed by atoms with E-state index in [0.29, 0.717) is 16.8 Å². The summed E-state index contributed by atoms with van der Waals surface area (Å²) in [5.74, 6) is -1.07. The fourth-order valence-electron chi connectivity index (χ4n) is 2.63. The summed E-state index contributed by atoms with van der Waals surface area (Å²) in [5.41, 5.74) is 3.07. The smallest absolute Gasteiger partial charge is 0.337 e. The highest BCUT2D eigenvalue weighted by atomic mass is 19.1. The van der Waals surface area contributed by atoms with Gasteiger partial charge < -0.3 is 15.4 Å². The van der Waals surface area contributed by atoms with Crippen LogP contribution in [0.5, 0.6) is 0 Å². The number of ether oxygens (including phenoxy) is 1. The molecule has 0 aliphatic rings. The molecule has 28 heavy (non-hydrogen) atoms. The molecule has 2 N–H and O–H groups in total. The number of methoxy groups -OCH3 is 1. The number of halogens is 1. The van der Waals surface area contributed by atoms with Crippen LogP contribution < -0.4 is 10.6 Å². The van der Waals surface area contributed by atoms with Crippen molar-refractivity contribution in [2.75, 3.05) is 17.7 Å². The summed E-state index contributed by atoms with van der Waals surface area (Å²) < 4.78 is 18.3. The molecular formula is C22H19FN2O3. The zero-order chi connectivity index (χ0) is 19.9. The maximum Gasteiger partial charge on any atom is 0.337 e. The monoisotopic (exact) mass is 378 g/mol. The summed E-state index contributed by atoms with van der Waals surface area (Å²) in [6.45, 7) is 0. The maximum atomic E-state index is 13.6. The Morgan fingerprint density at radius 2 is 1.43 bits per heavy atom. The molecule has 0 unspecified atom stereocenters. The van der Waals surface area contributed by atoms with Crippen LogP contribution in [0.1, 0.15) is 15.9 Å². The van der Waals surface area contributed by atoms with Gasteiger partial charge in [0, 0.05) is 17.1 Å². The predicted octanol–water partition coefficient (Wildman–Crippen LogP) is 4.54. The molecule has 6 heteroatoms. The van der Waals surface area contributed by atoms with Crippen molar-refractivity contribution in [3.05, 3.63) is 89.7 Å². The summed E-state index contributed by atoms with van der Waals surface area (Å²) in [6, 6.07) is 20.2. The molecular weight excluding hydrogens is 359 g/mol. The summed E-state index contributed by atoms with van der Waals surface area (Å²) in [4.78, 5) is 23.5. The Balaban J connectivity index is 1.58. The molecule has 3 rings (SSSR count). The summed E-state index contributed by atoms with van der Waals surface area (Å²) in [6.07, 6.45) is -0.0286. The molecule has 5 nitrogen and oxygen atoms in total. The van der Waals surface area contributed by atoms with E-state index in [1.54, 1.807) is 54.6 Å². The predicted molar refractivity (Wildman–Crippen MR) is 106 cm³/mol. The van der Waals surface area contributed by atoms with E-state index in [9.17, 15) is 14.0 Å². The van der Waals surface area contributed by atoms with Gasteiger partial charge in [0.25, 0.3) is 0 Å². The van der Waals surface area contributed by atoms with Gasteiger partial charge in [0.15, 0.2) is 0 Å². The van der Waals surface area contributed by atoms with Gasteiger partial charge in [-0.25, -0.2) is 9.18 Å². The van der Waals surface area contributed by atoms with Crippen molar-refractivity contribution in [3.63, 3.8) is 0 Å². The Kier molecular flexibility index (Phi) is 6.01. The van der Waals surface area contributed by atoms with Gasteiger partial charge >= 0.3 is 5.97 Å². The second-order valence-corrected chi connectivity index (χ2v) is 6.09. The minimum absolute atomic E-state index is 0.0286. The van der Waals surface area contributed by atoms with Gasteiger partial charge in [-0.15, -0.1) is 0 Å². The van der Waals surface area contributed by atoms with E-state index >= 15 is 0 Å². The molecule has 0 saturated carbocycles. The third kappa shape index (κ3) is 4.94. The van der Waals surface area contributed by atoms with Crippen molar-refractivity contribution in [2.24, 2.45) is 0 Å². The third-order valence-corrected chi connectivity index (χ3v) is 4.07. The zero-order valence-electron chi connectivity index (χ0n) is 15.2. The van der Waals surface area contributed by atoms with Crippen LogP contribution in [0.3, 0.4) is 0 Å². The average molecular weight is 378 g/mol. The topological polar surface area (TPSA) is 67.4 Å². The molecule has 142 valence electrons. The Bertz CT molecular complexity index is 970. The number of nitrogens with one attached hydrogen (secondary N) is 2. The van der Waals surface area contributed by atoms with Crippen molar-refractivity contribution in [1.29, 1.82) is 0 Å². The number of esters is 1. The summed E-state index contributed by atoms with van der Waals surface area (Å²) in [5, 5.41) is 5.95. The molecule has 3 aromatic carbocycles. The van der Waals surface area contributed by atoms with Crippen LogP contribution in [0.25, 0.3) is 0 Å². The Hall–Kier alpha value is -3.67. The number of carbonyl (C=O) groups is 2. The van der Waals surface area contributed by atoms with E-state index in [4.69, 9.17) is 0 Å². The van der Waals surface area contributed by atoms with Gasteiger partial charge in [0.2, 0.25) is 5.91 Å². The van der Waals surface area contributed by atoms with Crippen molar-refractivity contribution in [3.8, 4) is 0 Å². The van der Waals surface area contributed by atoms with Gasteiger partial charge in [-0.3, -0.25) is 4.79 Å². The number of anilines is 3. The number of carbonyl (C=O) groups excluding carboxylic acids is 2.